The Balaban J connectivity index is 1.95. The maximum Gasteiger partial charge on any atom is 0.227 e. The van der Waals surface area contributed by atoms with Gasteiger partial charge in [-0.25, -0.2) is 4.39 Å². The van der Waals surface area contributed by atoms with Gasteiger partial charge in [-0.3, -0.25) is 4.79 Å². The minimum absolute atomic E-state index is 0.0487. The number of halogens is 1. The summed E-state index contributed by atoms with van der Waals surface area (Å²) in [4.78, 5) is 13.7. The van der Waals surface area contributed by atoms with Gasteiger partial charge in [0.25, 0.3) is 0 Å². The lowest BCUT2D eigenvalue weighted by molar-refractivity contribution is -0.129. The van der Waals surface area contributed by atoms with Crippen molar-refractivity contribution in [2.24, 2.45) is 0 Å². The number of ether oxygens (including phenoxy) is 1. The van der Waals surface area contributed by atoms with Gasteiger partial charge in [0.05, 0.1) is 13.0 Å². The summed E-state index contributed by atoms with van der Waals surface area (Å²) in [6.45, 7) is 2.81. The van der Waals surface area contributed by atoms with Crippen LogP contribution in [-0.4, -0.2) is 24.5 Å². The Morgan fingerprint density at radius 1 is 1.14 bits per heavy atom. The van der Waals surface area contributed by atoms with Gasteiger partial charge < -0.3 is 9.64 Å². The Hall–Kier alpha value is -2.36. The lowest BCUT2D eigenvalue weighted by atomic mass is 10.1. The summed E-state index contributed by atoms with van der Waals surface area (Å²) in [6.07, 6.45) is 0.289. The summed E-state index contributed by atoms with van der Waals surface area (Å²) in [7, 11) is 1.68. The number of carbonyl (C=O) groups is 1. The van der Waals surface area contributed by atoms with Crippen molar-refractivity contribution in [3.63, 3.8) is 0 Å². The lowest BCUT2D eigenvalue weighted by Crippen LogP contribution is -2.28. The molecule has 116 valence electrons. The van der Waals surface area contributed by atoms with Crippen LogP contribution < -0.4 is 4.74 Å². The van der Waals surface area contributed by atoms with E-state index in [0.29, 0.717) is 12.2 Å². The third-order valence-electron chi connectivity index (χ3n) is 3.38. The Bertz CT molecular complexity index is 625. The number of hydrogen-bond donors (Lipinski definition) is 0. The predicted octanol–water partition coefficient (Wildman–Crippen LogP) is 3.43. The van der Waals surface area contributed by atoms with Crippen LogP contribution in [0.1, 0.15) is 18.1 Å². The molecule has 0 aliphatic carbocycles. The van der Waals surface area contributed by atoms with Crippen molar-refractivity contribution in [2.75, 3.05) is 13.7 Å². The molecule has 0 atom stereocenters. The zero-order chi connectivity index (χ0) is 15.9. The first-order chi connectivity index (χ1) is 10.6. The van der Waals surface area contributed by atoms with Crippen molar-refractivity contribution in [3.05, 3.63) is 65.5 Å². The van der Waals surface area contributed by atoms with Gasteiger partial charge in [-0.15, -0.1) is 0 Å². The van der Waals surface area contributed by atoms with Gasteiger partial charge >= 0.3 is 0 Å². The Morgan fingerprint density at radius 2 is 1.82 bits per heavy atom. The summed E-state index contributed by atoms with van der Waals surface area (Å²) in [5.41, 5.74) is 1.43. The Labute approximate surface area is 130 Å². The molecule has 2 aromatic rings. The molecule has 0 fully saturated rings. The quantitative estimate of drug-likeness (QED) is 0.818. The largest absolute Gasteiger partial charge is 0.494 e. The highest BCUT2D eigenvalue weighted by Crippen LogP contribution is 2.14. The van der Waals surface area contributed by atoms with Crippen molar-refractivity contribution < 1.29 is 13.9 Å². The molecule has 0 aliphatic rings. The molecule has 1 amide bonds. The fourth-order valence-electron chi connectivity index (χ4n) is 2.15. The summed E-state index contributed by atoms with van der Waals surface area (Å²) in [6, 6.07) is 13.9. The van der Waals surface area contributed by atoms with Gasteiger partial charge in [0.15, 0.2) is 0 Å². The number of hydrogen-bond acceptors (Lipinski definition) is 2. The number of likely N-dealkylation sites (N-methyl/N-ethyl adjacent to an activating group) is 1. The average molecular weight is 301 g/mol. The second kappa shape index (κ2) is 7.59. The molecule has 0 heterocycles. The van der Waals surface area contributed by atoms with Crippen molar-refractivity contribution in [1.29, 1.82) is 0 Å². The normalized spacial score (nSPS) is 10.3. The van der Waals surface area contributed by atoms with Crippen molar-refractivity contribution in [1.82, 2.24) is 4.90 Å². The topological polar surface area (TPSA) is 29.5 Å². The molecule has 22 heavy (non-hydrogen) atoms. The highest BCUT2D eigenvalue weighted by molar-refractivity contribution is 5.78. The third kappa shape index (κ3) is 4.32. The van der Waals surface area contributed by atoms with Crippen molar-refractivity contribution in [3.8, 4) is 5.75 Å². The molecule has 4 heteroatoms. The van der Waals surface area contributed by atoms with E-state index in [9.17, 15) is 9.18 Å². The van der Waals surface area contributed by atoms with Gasteiger partial charge in [-0.05, 0) is 30.7 Å². The van der Waals surface area contributed by atoms with Crippen molar-refractivity contribution >= 4 is 5.91 Å². The smallest absolute Gasteiger partial charge is 0.227 e. The molecule has 2 aromatic carbocycles. The highest BCUT2D eigenvalue weighted by atomic mass is 19.1. The van der Waals surface area contributed by atoms with Crippen LogP contribution in [0, 0.1) is 5.82 Å². The first-order valence-corrected chi connectivity index (χ1v) is 7.29. The SMILES string of the molecule is CCOc1ccc(CC(=O)N(C)Cc2ccccc2F)cc1. The number of amides is 1. The zero-order valence-corrected chi connectivity index (χ0v) is 12.9. The molecule has 0 aliphatic heterocycles. The van der Waals surface area contributed by atoms with Crippen LogP contribution in [0.5, 0.6) is 5.75 Å². The third-order valence-corrected chi connectivity index (χ3v) is 3.38. The van der Waals surface area contributed by atoms with Crippen LogP contribution in [0.3, 0.4) is 0 Å². The average Bonchev–Trinajstić information content (AvgIpc) is 2.51. The van der Waals surface area contributed by atoms with Gasteiger partial charge in [0, 0.05) is 19.2 Å². The molecular weight excluding hydrogens is 281 g/mol. The number of nitrogens with zero attached hydrogens (tertiary/aromatic N) is 1. The molecule has 0 aromatic heterocycles. The molecule has 2 rings (SSSR count). The molecule has 0 unspecified atom stereocenters. The second-order valence-corrected chi connectivity index (χ2v) is 5.09. The molecule has 3 nitrogen and oxygen atoms in total. The van der Waals surface area contributed by atoms with Crippen molar-refractivity contribution in [2.45, 2.75) is 19.9 Å². The van der Waals surface area contributed by atoms with E-state index in [4.69, 9.17) is 4.74 Å². The standard InChI is InChI=1S/C18H20FNO2/c1-3-22-16-10-8-14(9-11-16)12-18(21)20(2)13-15-6-4-5-7-17(15)19/h4-11H,3,12-13H2,1-2H3. The first-order valence-electron chi connectivity index (χ1n) is 7.29. The van der Waals surface area contributed by atoms with Crippen LogP contribution in [0.15, 0.2) is 48.5 Å². The minimum Gasteiger partial charge on any atom is -0.494 e. The molecule has 0 saturated carbocycles. The minimum atomic E-state index is -0.289. The highest BCUT2D eigenvalue weighted by Gasteiger charge is 2.12. The summed E-state index contributed by atoms with van der Waals surface area (Å²) in [5.74, 6) is 0.453. The fraction of sp³-hybridized carbons (Fsp3) is 0.278. The van der Waals surface area contributed by atoms with E-state index in [2.05, 4.69) is 0 Å². The van der Waals surface area contributed by atoms with Crippen LogP contribution in [-0.2, 0) is 17.8 Å². The van der Waals surface area contributed by atoms with E-state index in [-0.39, 0.29) is 24.7 Å². The van der Waals surface area contributed by atoms with Crippen LogP contribution >= 0.6 is 0 Å². The van der Waals surface area contributed by atoms with E-state index in [1.165, 1.54) is 11.0 Å². The van der Waals surface area contributed by atoms with E-state index >= 15 is 0 Å². The Kier molecular flexibility index (Phi) is 5.53. The fourth-order valence-corrected chi connectivity index (χ4v) is 2.15. The van der Waals surface area contributed by atoms with E-state index in [0.717, 1.165) is 11.3 Å². The van der Waals surface area contributed by atoms with E-state index in [1.807, 2.05) is 31.2 Å². The molecule has 0 bridgehead atoms. The predicted molar refractivity (Wildman–Crippen MR) is 84.2 cm³/mol. The van der Waals surface area contributed by atoms with Crippen LogP contribution in [0.25, 0.3) is 0 Å². The lowest BCUT2D eigenvalue weighted by Gasteiger charge is -2.18. The maximum absolute atomic E-state index is 13.6. The molecule has 0 radical (unpaired) electrons. The van der Waals surface area contributed by atoms with Crippen LogP contribution in [0.4, 0.5) is 4.39 Å². The van der Waals surface area contributed by atoms with E-state index < -0.39 is 0 Å². The summed E-state index contributed by atoms with van der Waals surface area (Å²) in [5, 5.41) is 0. The maximum atomic E-state index is 13.6. The van der Waals surface area contributed by atoms with Gasteiger partial charge in [-0.1, -0.05) is 30.3 Å². The Morgan fingerprint density at radius 3 is 2.45 bits per heavy atom. The second-order valence-electron chi connectivity index (χ2n) is 5.09. The zero-order valence-electron chi connectivity index (χ0n) is 12.9. The monoisotopic (exact) mass is 301 g/mol. The molecule has 0 N–H and O–H groups in total. The number of benzene rings is 2. The van der Waals surface area contributed by atoms with Gasteiger partial charge in [0.1, 0.15) is 11.6 Å². The van der Waals surface area contributed by atoms with E-state index in [1.54, 1.807) is 25.2 Å². The molecule has 0 spiro atoms. The van der Waals surface area contributed by atoms with Crippen LogP contribution in [0.2, 0.25) is 0 Å². The number of carbonyl (C=O) groups excluding carboxylic acids is 1. The number of rotatable bonds is 6. The van der Waals surface area contributed by atoms with Gasteiger partial charge in [-0.2, -0.15) is 0 Å². The summed E-state index contributed by atoms with van der Waals surface area (Å²) < 4.78 is 19.0. The molecule has 0 saturated heterocycles. The first kappa shape index (κ1) is 16.0. The molecular formula is C18H20FNO2. The van der Waals surface area contributed by atoms with Gasteiger partial charge in [0.2, 0.25) is 5.91 Å². The summed E-state index contributed by atoms with van der Waals surface area (Å²) >= 11 is 0.